The summed E-state index contributed by atoms with van der Waals surface area (Å²) >= 11 is 1.93. The summed E-state index contributed by atoms with van der Waals surface area (Å²) in [5.74, 6) is 2.16. The van der Waals surface area contributed by atoms with E-state index in [0.717, 1.165) is 41.4 Å². The predicted octanol–water partition coefficient (Wildman–Crippen LogP) is 3.42. The first-order valence-corrected chi connectivity index (χ1v) is 8.58. The van der Waals surface area contributed by atoms with Gasteiger partial charge in [0.25, 0.3) is 0 Å². The minimum Gasteiger partial charge on any atom is -0.377 e. The molecule has 1 heterocycles. The second-order valence-corrected chi connectivity index (χ2v) is 6.94. The fraction of sp³-hybridized carbons (Fsp3) is 0.562. The first-order chi connectivity index (χ1) is 10.0. The number of nitrogens with zero attached hydrogens (tertiary/aromatic N) is 2. The molecule has 1 fully saturated rings. The molecule has 0 saturated carbocycles. The highest BCUT2D eigenvalue weighted by atomic mass is 32.2. The number of nitrogens with one attached hydrogen (secondary N) is 1. The summed E-state index contributed by atoms with van der Waals surface area (Å²) < 4.78 is 0. The van der Waals surface area contributed by atoms with E-state index in [1.807, 2.05) is 49.8 Å². The molecule has 2 rings (SSSR count). The minimum atomic E-state index is 0.0176. The molecule has 0 aliphatic carbocycles. The van der Waals surface area contributed by atoms with Crippen LogP contribution in [-0.4, -0.2) is 49.1 Å². The Bertz CT molecular complexity index is 504. The van der Waals surface area contributed by atoms with Gasteiger partial charge in [0.15, 0.2) is 0 Å². The van der Waals surface area contributed by atoms with Gasteiger partial charge in [-0.2, -0.15) is 11.8 Å². The van der Waals surface area contributed by atoms with E-state index >= 15 is 0 Å². The molecule has 0 radical (unpaired) electrons. The molecular weight excluding hydrogens is 282 g/mol. The van der Waals surface area contributed by atoms with Crippen LogP contribution < -0.4 is 10.2 Å². The molecule has 0 aromatic heterocycles. The largest absolute Gasteiger partial charge is 0.377 e. The van der Waals surface area contributed by atoms with Crippen LogP contribution in [0.15, 0.2) is 18.2 Å². The van der Waals surface area contributed by atoms with Crippen molar-refractivity contribution in [2.24, 2.45) is 0 Å². The van der Waals surface area contributed by atoms with Crippen molar-refractivity contribution < 1.29 is 4.79 Å². The maximum atomic E-state index is 12.6. The molecule has 1 saturated heterocycles. The fourth-order valence-electron chi connectivity index (χ4n) is 2.63. The highest BCUT2D eigenvalue weighted by molar-refractivity contribution is 7.99. The van der Waals surface area contributed by atoms with Gasteiger partial charge in [0.1, 0.15) is 0 Å². The zero-order valence-corrected chi connectivity index (χ0v) is 14.2. The Labute approximate surface area is 131 Å². The summed E-state index contributed by atoms with van der Waals surface area (Å²) in [6, 6.07) is 6.34. The first kappa shape index (κ1) is 16.0. The zero-order valence-electron chi connectivity index (χ0n) is 13.3. The molecule has 1 aromatic carbocycles. The lowest BCUT2D eigenvalue weighted by molar-refractivity contribution is 0.197. The van der Waals surface area contributed by atoms with E-state index in [9.17, 15) is 4.79 Å². The third-order valence-corrected chi connectivity index (χ3v) is 4.97. The van der Waals surface area contributed by atoms with Gasteiger partial charge < -0.3 is 15.1 Å². The smallest absolute Gasteiger partial charge is 0.322 e. The summed E-state index contributed by atoms with van der Waals surface area (Å²) in [6.07, 6.45) is 1.06. The van der Waals surface area contributed by atoms with E-state index in [2.05, 4.69) is 23.2 Å². The van der Waals surface area contributed by atoms with Crippen LogP contribution in [0.25, 0.3) is 0 Å². The molecule has 116 valence electrons. The summed E-state index contributed by atoms with van der Waals surface area (Å²) in [4.78, 5) is 16.6. The number of anilines is 2. The van der Waals surface area contributed by atoms with E-state index in [1.54, 1.807) is 0 Å². The van der Waals surface area contributed by atoms with Crippen molar-refractivity contribution in [2.45, 2.75) is 26.3 Å². The fourth-order valence-corrected chi connectivity index (χ4v) is 3.66. The Morgan fingerprint density at radius 2 is 2.14 bits per heavy atom. The van der Waals surface area contributed by atoms with E-state index in [0.29, 0.717) is 6.04 Å². The molecule has 4 nitrogen and oxygen atoms in total. The monoisotopic (exact) mass is 307 g/mol. The molecule has 2 amide bonds. The Morgan fingerprint density at radius 3 is 2.86 bits per heavy atom. The standard InChI is InChI=1S/C16H25N3OS/c1-12-8-10-21-11-9-19(12)16(20)17-14-6-5-7-15(13(14)2)18(3)4/h5-7,12H,8-11H2,1-4H3,(H,17,20). The molecule has 1 aromatic rings. The predicted molar refractivity (Wildman–Crippen MR) is 92.6 cm³/mol. The zero-order chi connectivity index (χ0) is 15.4. The van der Waals surface area contributed by atoms with Gasteiger partial charge in [-0.3, -0.25) is 0 Å². The van der Waals surface area contributed by atoms with Gasteiger partial charge >= 0.3 is 6.03 Å². The average Bonchev–Trinajstić information content (AvgIpc) is 2.65. The number of thioether (sulfide) groups is 1. The van der Waals surface area contributed by atoms with Gasteiger partial charge in [-0.25, -0.2) is 4.79 Å². The van der Waals surface area contributed by atoms with Crippen molar-refractivity contribution in [1.29, 1.82) is 0 Å². The number of carbonyl (C=O) groups is 1. The Morgan fingerprint density at radius 1 is 1.38 bits per heavy atom. The van der Waals surface area contributed by atoms with Crippen LogP contribution in [0.4, 0.5) is 16.2 Å². The molecule has 21 heavy (non-hydrogen) atoms. The van der Waals surface area contributed by atoms with E-state index in [4.69, 9.17) is 0 Å². The van der Waals surface area contributed by atoms with Gasteiger partial charge in [0, 0.05) is 43.8 Å². The van der Waals surface area contributed by atoms with Gasteiger partial charge in [-0.05, 0) is 43.7 Å². The molecule has 5 heteroatoms. The number of hydrogen-bond acceptors (Lipinski definition) is 3. The maximum absolute atomic E-state index is 12.6. The van der Waals surface area contributed by atoms with Crippen LogP contribution in [0.2, 0.25) is 0 Å². The second kappa shape index (κ2) is 7.07. The number of amides is 2. The lowest BCUT2D eigenvalue weighted by Crippen LogP contribution is -2.42. The number of carbonyl (C=O) groups excluding carboxylic acids is 1. The third-order valence-electron chi connectivity index (χ3n) is 3.98. The summed E-state index contributed by atoms with van der Waals surface area (Å²) in [7, 11) is 4.03. The number of rotatable bonds is 2. The molecule has 1 unspecified atom stereocenters. The Kier molecular flexibility index (Phi) is 5.39. The highest BCUT2D eigenvalue weighted by Crippen LogP contribution is 2.26. The first-order valence-electron chi connectivity index (χ1n) is 7.43. The van der Waals surface area contributed by atoms with Gasteiger partial charge in [-0.15, -0.1) is 0 Å². The highest BCUT2D eigenvalue weighted by Gasteiger charge is 2.22. The van der Waals surface area contributed by atoms with Crippen molar-refractivity contribution in [3.05, 3.63) is 23.8 Å². The molecular formula is C16H25N3OS. The van der Waals surface area contributed by atoms with Crippen molar-refractivity contribution in [3.8, 4) is 0 Å². The topological polar surface area (TPSA) is 35.6 Å². The van der Waals surface area contributed by atoms with Crippen LogP contribution in [0.5, 0.6) is 0 Å². The number of benzene rings is 1. The van der Waals surface area contributed by atoms with Crippen molar-refractivity contribution in [1.82, 2.24) is 4.90 Å². The molecule has 0 bridgehead atoms. The summed E-state index contributed by atoms with van der Waals surface area (Å²) in [5, 5.41) is 3.08. The molecule has 1 aliphatic rings. The molecule has 0 spiro atoms. The second-order valence-electron chi connectivity index (χ2n) is 5.72. The molecule has 1 aliphatic heterocycles. The minimum absolute atomic E-state index is 0.0176. The van der Waals surface area contributed by atoms with Gasteiger partial charge in [-0.1, -0.05) is 6.07 Å². The molecule has 1 N–H and O–H groups in total. The normalized spacial score (nSPS) is 19.0. The Balaban J connectivity index is 2.14. The van der Waals surface area contributed by atoms with Crippen LogP contribution in [0.1, 0.15) is 18.9 Å². The summed E-state index contributed by atoms with van der Waals surface area (Å²) in [6.45, 7) is 5.01. The summed E-state index contributed by atoms with van der Waals surface area (Å²) in [5.41, 5.74) is 3.13. The van der Waals surface area contributed by atoms with Crippen molar-refractivity contribution in [3.63, 3.8) is 0 Å². The van der Waals surface area contributed by atoms with Crippen molar-refractivity contribution >= 4 is 29.2 Å². The lowest BCUT2D eigenvalue weighted by Gasteiger charge is -2.28. The van der Waals surface area contributed by atoms with Gasteiger partial charge in [0.2, 0.25) is 0 Å². The van der Waals surface area contributed by atoms with Crippen LogP contribution in [-0.2, 0) is 0 Å². The van der Waals surface area contributed by atoms with E-state index in [-0.39, 0.29) is 6.03 Å². The van der Waals surface area contributed by atoms with Crippen LogP contribution >= 0.6 is 11.8 Å². The SMILES string of the molecule is Cc1c(NC(=O)N2CCSCCC2C)cccc1N(C)C. The number of urea groups is 1. The Hall–Kier alpha value is -1.36. The quantitative estimate of drug-likeness (QED) is 0.909. The van der Waals surface area contributed by atoms with E-state index < -0.39 is 0 Å². The molecule has 1 atom stereocenters. The van der Waals surface area contributed by atoms with Crippen molar-refractivity contribution in [2.75, 3.05) is 42.4 Å². The van der Waals surface area contributed by atoms with Crippen LogP contribution in [0, 0.1) is 6.92 Å². The van der Waals surface area contributed by atoms with E-state index in [1.165, 1.54) is 0 Å². The average molecular weight is 307 g/mol. The lowest BCUT2D eigenvalue weighted by atomic mass is 10.1. The number of hydrogen-bond donors (Lipinski definition) is 1. The maximum Gasteiger partial charge on any atom is 0.322 e. The van der Waals surface area contributed by atoms with Gasteiger partial charge in [0.05, 0.1) is 0 Å². The van der Waals surface area contributed by atoms with Crippen LogP contribution in [0.3, 0.4) is 0 Å². The third kappa shape index (κ3) is 3.84.